The van der Waals surface area contributed by atoms with Crippen molar-refractivity contribution < 1.29 is 9.13 Å². The molecular formula is C18H23FN4O2. The molecule has 25 heavy (non-hydrogen) atoms. The molecule has 2 aromatic rings. The highest BCUT2D eigenvalue weighted by molar-refractivity contribution is 5.27. The zero-order valence-corrected chi connectivity index (χ0v) is 15.0. The quantitative estimate of drug-likeness (QED) is 0.922. The van der Waals surface area contributed by atoms with Crippen molar-refractivity contribution in [3.63, 3.8) is 0 Å². The zero-order valence-electron chi connectivity index (χ0n) is 15.0. The second kappa shape index (κ2) is 6.55. The van der Waals surface area contributed by atoms with Crippen molar-refractivity contribution in [2.45, 2.75) is 45.7 Å². The highest BCUT2D eigenvalue weighted by atomic mass is 19.1. The summed E-state index contributed by atoms with van der Waals surface area (Å²) in [7, 11) is 1.51. The SMILES string of the molecule is COc1ncc(F)cc1CN1CCc2nc(C(C)(C)C)[nH]c(=O)c2C1. The molecule has 1 N–H and O–H groups in total. The number of rotatable bonds is 3. The van der Waals surface area contributed by atoms with Crippen LogP contribution in [0.4, 0.5) is 4.39 Å². The Hall–Kier alpha value is -2.28. The smallest absolute Gasteiger partial charge is 0.255 e. The van der Waals surface area contributed by atoms with Gasteiger partial charge in [0.25, 0.3) is 5.56 Å². The van der Waals surface area contributed by atoms with Crippen LogP contribution in [0.25, 0.3) is 0 Å². The lowest BCUT2D eigenvalue weighted by atomic mass is 9.95. The van der Waals surface area contributed by atoms with Gasteiger partial charge in [-0.15, -0.1) is 0 Å². The van der Waals surface area contributed by atoms with Gasteiger partial charge in [-0.1, -0.05) is 20.8 Å². The lowest BCUT2D eigenvalue weighted by molar-refractivity contribution is 0.236. The first-order valence-electron chi connectivity index (χ1n) is 8.31. The van der Waals surface area contributed by atoms with Crippen LogP contribution in [0.15, 0.2) is 17.1 Å². The van der Waals surface area contributed by atoms with Crippen LogP contribution >= 0.6 is 0 Å². The molecule has 6 nitrogen and oxygen atoms in total. The largest absolute Gasteiger partial charge is 0.481 e. The highest BCUT2D eigenvalue weighted by Gasteiger charge is 2.25. The van der Waals surface area contributed by atoms with Crippen molar-refractivity contribution in [3.8, 4) is 5.88 Å². The van der Waals surface area contributed by atoms with Crippen LogP contribution in [0.1, 0.15) is 43.4 Å². The van der Waals surface area contributed by atoms with E-state index in [4.69, 9.17) is 4.74 Å². The number of methoxy groups -OCH3 is 1. The summed E-state index contributed by atoms with van der Waals surface area (Å²) in [4.78, 5) is 26.1. The van der Waals surface area contributed by atoms with E-state index in [0.29, 0.717) is 42.3 Å². The van der Waals surface area contributed by atoms with Crippen LogP contribution in [0.3, 0.4) is 0 Å². The molecule has 0 atom stereocenters. The molecule has 3 rings (SSSR count). The molecule has 0 radical (unpaired) electrons. The number of aromatic nitrogens is 3. The Morgan fingerprint density at radius 2 is 2.16 bits per heavy atom. The number of fused-ring (bicyclic) bond motifs is 1. The number of H-pyrrole nitrogens is 1. The molecule has 0 bridgehead atoms. The molecule has 0 fully saturated rings. The first kappa shape index (κ1) is 17.5. The molecule has 3 heterocycles. The molecule has 0 saturated carbocycles. The second-order valence-electron chi connectivity index (χ2n) is 7.37. The third-order valence-corrected chi connectivity index (χ3v) is 4.34. The number of hydrogen-bond donors (Lipinski definition) is 1. The number of hydrogen-bond acceptors (Lipinski definition) is 5. The van der Waals surface area contributed by atoms with Crippen molar-refractivity contribution in [2.24, 2.45) is 0 Å². The Balaban J connectivity index is 1.85. The van der Waals surface area contributed by atoms with Crippen molar-refractivity contribution in [3.05, 3.63) is 51.1 Å². The Morgan fingerprint density at radius 1 is 1.40 bits per heavy atom. The lowest BCUT2D eigenvalue weighted by Crippen LogP contribution is -2.37. The van der Waals surface area contributed by atoms with Crippen LogP contribution in [0.2, 0.25) is 0 Å². The van der Waals surface area contributed by atoms with Crippen LogP contribution in [0, 0.1) is 5.82 Å². The predicted molar refractivity (Wildman–Crippen MR) is 92.1 cm³/mol. The normalized spacial score (nSPS) is 15.1. The van der Waals surface area contributed by atoms with Crippen LogP contribution in [0.5, 0.6) is 5.88 Å². The molecule has 7 heteroatoms. The summed E-state index contributed by atoms with van der Waals surface area (Å²) in [6.07, 6.45) is 1.82. The minimum atomic E-state index is -0.400. The fraction of sp³-hybridized carbons (Fsp3) is 0.500. The maximum absolute atomic E-state index is 13.5. The van der Waals surface area contributed by atoms with E-state index < -0.39 is 5.82 Å². The Bertz CT molecular complexity index is 842. The molecule has 0 unspecified atom stereocenters. The number of pyridine rings is 1. The Labute approximate surface area is 146 Å². The summed E-state index contributed by atoms with van der Waals surface area (Å²) in [5.41, 5.74) is 1.91. The molecule has 0 amide bonds. The lowest BCUT2D eigenvalue weighted by Gasteiger charge is -2.29. The van der Waals surface area contributed by atoms with Crippen LogP contribution in [-0.2, 0) is 24.9 Å². The summed E-state index contributed by atoms with van der Waals surface area (Å²) >= 11 is 0. The maximum atomic E-state index is 13.5. The zero-order chi connectivity index (χ0) is 18.2. The minimum Gasteiger partial charge on any atom is -0.481 e. The van der Waals surface area contributed by atoms with E-state index in [1.807, 2.05) is 20.8 Å². The van der Waals surface area contributed by atoms with E-state index in [9.17, 15) is 9.18 Å². The molecule has 2 aromatic heterocycles. The minimum absolute atomic E-state index is 0.0936. The van der Waals surface area contributed by atoms with Gasteiger partial charge < -0.3 is 9.72 Å². The fourth-order valence-electron chi connectivity index (χ4n) is 2.98. The molecular weight excluding hydrogens is 323 g/mol. The summed E-state index contributed by atoms with van der Waals surface area (Å²) < 4.78 is 18.7. The average Bonchev–Trinajstić information content (AvgIpc) is 2.54. The molecule has 0 aromatic carbocycles. The predicted octanol–water partition coefficient (Wildman–Crippen LogP) is 2.17. The number of nitrogens with one attached hydrogen (secondary N) is 1. The van der Waals surface area contributed by atoms with Gasteiger partial charge in [-0.3, -0.25) is 9.69 Å². The van der Waals surface area contributed by atoms with Crippen molar-refractivity contribution >= 4 is 0 Å². The number of ether oxygens (including phenoxy) is 1. The third-order valence-electron chi connectivity index (χ3n) is 4.34. The standard InChI is InChI=1S/C18H23FN4O2/c1-18(2,3)17-21-14-5-6-23(10-13(14)15(24)22-17)9-11-7-12(19)8-20-16(11)25-4/h7-8H,5-6,9-10H2,1-4H3,(H,21,22,24). The van der Waals surface area contributed by atoms with Crippen molar-refractivity contribution in [1.82, 2.24) is 19.9 Å². The maximum Gasteiger partial charge on any atom is 0.255 e. The van der Waals surface area contributed by atoms with Gasteiger partial charge in [0.1, 0.15) is 11.6 Å². The number of nitrogens with zero attached hydrogens (tertiary/aromatic N) is 3. The van der Waals surface area contributed by atoms with Gasteiger partial charge in [0.2, 0.25) is 5.88 Å². The summed E-state index contributed by atoms with van der Waals surface area (Å²) in [5, 5.41) is 0. The monoisotopic (exact) mass is 346 g/mol. The second-order valence-corrected chi connectivity index (χ2v) is 7.37. The van der Waals surface area contributed by atoms with Gasteiger partial charge >= 0.3 is 0 Å². The fourth-order valence-corrected chi connectivity index (χ4v) is 2.98. The molecule has 1 aliphatic heterocycles. The number of halogens is 1. The third kappa shape index (κ3) is 3.71. The Kier molecular flexibility index (Phi) is 4.60. The average molecular weight is 346 g/mol. The summed E-state index contributed by atoms with van der Waals surface area (Å²) in [6.45, 7) is 7.75. The van der Waals surface area contributed by atoms with Gasteiger partial charge in [-0.05, 0) is 6.07 Å². The molecule has 0 saturated heterocycles. The van der Waals surface area contributed by atoms with E-state index in [1.165, 1.54) is 13.2 Å². The summed E-state index contributed by atoms with van der Waals surface area (Å²) in [6, 6.07) is 1.42. The van der Waals surface area contributed by atoms with Gasteiger partial charge in [-0.2, -0.15) is 0 Å². The van der Waals surface area contributed by atoms with Crippen molar-refractivity contribution in [1.29, 1.82) is 0 Å². The first-order valence-corrected chi connectivity index (χ1v) is 8.31. The Morgan fingerprint density at radius 3 is 2.84 bits per heavy atom. The molecule has 134 valence electrons. The van der Waals surface area contributed by atoms with Crippen LogP contribution < -0.4 is 10.3 Å². The molecule has 0 spiro atoms. The van der Waals surface area contributed by atoms with Gasteiger partial charge in [-0.25, -0.2) is 14.4 Å². The molecule has 0 aliphatic carbocycles. The van der Waals surface area contributed by atoms with Crippen molar-refractivity contribution in [2.75, 3.05) is 13.7 Å². The van der Waals surface area contributed by atoms with E-state index in [-0.39, 0.29) is 11.0 Å². The van der Waals surface area contributed by atoms with Crippen LogP contribution in [-0.4, -0.2) is 33.5 Å². The topological polar surface area (TPSA) is 71.1 Å². The van der Waals surface area contributed by atoms with Gasteiger partial charge in [0, 0.05) is 37.0 Å². The first-order chi connectivity index (χ1) is 11.8. The van der Waals surface area contributed by atoms with E-state index in [0.717, 1.165) is 18.4 Å². The van der Waals surface area contributed by atoms with E-state index in [2.05, 4.69) is 19.9 Å². The summed E-state index contributed by atoms with van der Waals surface area (Å²) in [5.74, 6) is 0.713. The van der Waals surface area contributed by atoms with Gasteiger partial charge in [0.15, 0.2) is 0 Å². The van der Waals surface area contributed by atoms with Gasteiger partial charge in [0.05, 0.1) is 24.6 Å². The van der Waals surface area contributed by atoms with E-state index >= 15 is 0 Å². The van der Waals surface area contributed by atoms with E-state index in [1.54, 1.807) is 0 Å². The number of aromatic amines is 1. The highest BCUT2D eigenvalue weighted by Crippen LogP contribution is 2.23. The molecule has 1 aliphatic rings.